The zero-order valence-corrected chi connectivity index (χ0v) is 32.8. The minimum Gasteiger partial charge on any atom is -0.505 e. The molecule has 0 fully saturated rings. The number of phenols is 2. The number of ketones is 1. The number of aromatic hydroxyl groups is 2. The molecule has 1 aliphatic carbocycles. The average molecular weight is 823 g/mol. The Labute approximate surface area is 352 Å². The monoisotopic (exact) mass is 822 g/mol. The highest BCUT2D eigenvalue weighted by Gasteiger charge is 2.28. The number of anilines is 2. The Morgan fingerprint density at radius 1 is 0.541 bits per heavy atom. The maximum absolute atomic E-state index is 13.9. The molecule has 0 aromatic heterocycles. The third-order valence-electron chi connectivity index (χ3n) is 10.3. The van der Waals surface area contributed by atoms with Crippen LogP contribution in [0.3, 0.4) is 0 Å². The molecule has 0 unspecified atom stereocenters. The molecule has 0 bridgehead atoms. The van der Waals surface area contributed by atoms with E-state index in [1.807, 2.05) is 12.1 Å². The van der Waals surface area contributed by atoms with Gasteiger partial charge in [0.1, 0.15) is 17.1 Å². The van der Waals surface area contributed by atoms with E-state index in [4.69, 9.17) is 16.3 Å². The number of azo groups is 2. The summed E-state index contributed by atoms with van der Waals surface area (Å²) in [5.41, 5.74) is 3.77. The van der Waals surface area contributed by atoms with E-state index in [1.54, 1.807) is 133 Å². The predicted molar refractivity (Wildman–Crippen MR) is 235 cm³/mol. The van der Waals surface area contributed by atoms with E-state index < -0.39 is 11.8 Å². The van der Waals surface area contributed by atoms with Crippen molar-refractivity contribution < 1.29 is 29.3 Å². The number of benzene rings is 8. The Hall–Kier alpha value is -8.22. The second-order valence-corrected chi connectivity index (χ2v) is 14.4. The minimum atomic E-state index is -0.584. The largest absolute Gasteiger partial charge is 0.505 e. The summed E-state index contributed by atoms with van der Waals surface area (Å²) in [5, 5.41) is 48.7. The molecule has 8 aromatic rings. The number of methoxy groups -OCH3 is 1. The quantitative estimate of drug-likeness (QED) is 0.105. The molecule has 296 valence electrons. The summed E-state index contributed by atoms with van der Waals surface area (Å²) in [6, 6.07) is 41.4. The SMILES string of the molecule is COc1ccccc1NC(=O)c1cc2ccccc2c(N=Nc2ccc3c(c2)C(=O)c2cc(N=Nc4c(O)c(C(=O)Nc5ccccc5Cl)cc5ccccc45)ccc2-3)c1O. The number of nitrogens with one attached hydrogen (secondary N) is 2. The Bertz CT molecular complexity index is 3200. The molecule has 1 aliphatic rings. The van der Waals surface area contributed by atoms with Gasteiger partial charge in [-0.15, -0.1) is 10.2 Å². The van der Waals surface area contributed by atoms with Gasteiger partial charge in [0.15, 0.2) is 17.3 Å². The van der Waals surface area contributed by atoms with Crippen LogP contribution in [-0.2, 0) is 0 Å². The number of nitrogens with zero attached hydrogens (tertiary/aromatic N) is 4. The Morgan fingerprint density at radius 3 is 1.52 bits per heavy atom. The number of fused-ring (bicyclic) bond motifs is 5. The van der Waals surface area contributed by atoms with E-state index in [9.17, 15) is 24.6 Å². The van der Waals surface area contributed by atoms with Crippen LogP contribution in [0.25, 0.3) is 32.7 Å². The number of hydrogen-bond acceptors (Lipinski definition) is 10. The van der Waals surface area contributed by atoms with Crippen LogP contribution in [0, 0.1) is 0 Å². The van der Waals surface area contributed by atoms with Crippen molar-refractivity contribution in [3.05, 3.63) is 173 Å². The molecular formula is C48H31ClN6O6. The molecule has 0 saturated carbocycles. The molecule has 0 saturated heterocycles. The van der Waals surface area contributed by atoms with E-state index in [2.05, 4.69) is 31.1 Å². The van der Waals surface area contributed by atoms with Gasteiger partial charge in [-0.25, -0.2) is 0 Å². The lowest BCUT2D eigenvalue weighted by molar-refractivity contribution is 0.101. The van der Waals surface area contributed by atoms with Crippen molar-refractivity contribution >= 4 is 84.9 Å². The fourth-order valence-corrected chi connectivity index (χ4v) is 7.45. The molecule has 8 aromatic carbocycles. The van der Waals surface area contributed by atoms with Gasteiger partial charge < -0.3 is 25.6 Å². The first-order chi connectivity index (χ1) is 29.7. The molecule has 4 N–H and O–H groups in total. The number of carbonyl (C=O) groups excluding carboxylic acids is 3. The molecule has 9 rings (SSSR count). The zero-order chi connectivity index (χ0) is 42.2. The summed E-state index contributed by atoms with van der Waals surface area (Å²) < 4.78 is 5.36. The van der Waals surface area contributed by atoms with Gasteiger partial charge in [0.05, 0.1) is 46.0 Å². The summed E-state index contributed by atoms with van der Waals surface area (Å²) >= 11 is 6.26. The molecule has 0 atom stereocenters. The van der Waals surface area contributed by atoms with Crippen molar-refractivity contribution in [3.8, 4) is 28.4 Å². The fraction of sp³-hybridized carbons (Fsp3) is 0.0208. The van der Waals surface area contributed by atoms with Crippen LogP contribution < -0.4 is 15.4 Å². The molecular weight excluding hydrogens is 792 g/mol. The third kappa shape index (κ3) is 7.17. The van der Waals surface area contributed by atoms with E-state index in [1.165, 1.54) is 7.11 Å². The number of amides is 2. The van der Waals surface area contributed by atoms with Crippen molar-refractivity contribution in [2.24, 2.45) is 20.5 Å². The van der Waals surface area contributed by atoms with Gasteiger partial charge >= 0.3 is 0 Å². The van der Waals surface area contributed by atoms with Crippen LogP contribution in [0.15, 0.2) is 166 Å². The van der Waals surface area contributed by atoms with Gasteiger partial charge in [0.25, 0.3) is 11.8 Å². The maximum atomic E-state index is 13.9. The highest BCUT2D eigenvalue weighted by molar-refractivity contribution is 6.34. The minimum absolute atomic E-state index is 0.0129. The van der Waals surface area contributed by atoms with Gasteiger partial charge in [-0.2, -0.15) is 10.2 Å². The summed E-state index contributed by atoms with van der Waals surface area (Å²) in [7, 11) is 1.50. The predicted octanol–water partition coefficient (Wildman–Crippen LogP) is 12.6. The molecule has 0 heterocycles. The lowest BCUT2D eigenvalue weighted by Crippen LogP contribution is -2.13. The van der Waals surface area contributed by atoms with Crippen LogP contribution in [0.4, 0.5) is 34.1 Å². The van der Waals surface area contributed by atoms with Gasteiger partial charge in [-0.1, -0.05) is 96.5 Å². The van der Waals surface area contributed by atoms with E-state index in [0.717, 1.165) is 0 Å². The third-order valence-corrected chi connectivity index (χ3v) is 10.6. The molecule has 61 heavy (non-hydrogen) atoms. The van der Waals surface area contributed by atoms with Gasteiger partial charge in [0, 0.05) is 21.9 Å². The van der Waals surface area contributed by atoms with Crippen molar-refractivity contribution in [1.29, 1.82) is 0 Å². The van der Waals surface area contributed by atoms with Crippen LogP contribution in [-0.4, -0.2) is 34.9 Å². The molecule has 0 aliphatic heterocycles. The second kappa shape index (κ2) is 15.9. The van der Waals surface area contributed by atoms with Gasteiger partial charge in [-0.05, 0) is 82.6 Å². The number of hydrogen-bond donors (Lipinski definition) is 4. The van der Waals surface area contributed by atoms with E-state index in [0.29, 0.717) is 77.3 Å². The highest BCUT2D eigenvalue weighted by atomic mass is 35.5. The standard InChI is InChI=1S/C48H31ClN6O6/c1-61-41-17-9-8-16-40(41)51-48(60)37-23-27-11-3-5-13-31(27)43(46(37)58)55-53-29-19-21-33-32-20-18-28(24-34(32)44(56)35(33)25-29)52-54-42-30-12-4-2-10-26(30)22-36(45(42)57)47(59)50-39-15-7-6-14-38(39)49/h2-25,57-58H,1H3,(H,50,59)(H,51,60). The van der Waals surface area contributed by atoms with E-state index >= 15 is 0 Å². The zero-order valence-electron chi connectivity index (χ0n) is 32.1. The number of para-hydroxylation sites is 3. The fourth-order valence-electron chi connectivity index (χ4n) is 7.27. The first kappa shape index (κ1) is 38.3. The summed E-state index contributed by atoms with van der Waals surface area (Å²) in [6.07, 6.45) is 0. The van der Waals surface area contributed by atoms with Gasteiger partial charge in [0.2, 0.25) is 0 Å². The topological polar surface area (TPSA) is 174 Å². The van der Waals surface area contributed by atoms with Crippen molar-refractivity contribution in [2.75, 3.05) is 17.7 Å². The molecule has 12 nitrogen and oxygen atoms in total. The maximum Gasteiger partial charge on any atom is 0.259 e. The average Bonchev–Trinajstić information content (AvgIpc) is 3.55. The van der Waals surface area contributed by atoms with Crippen LogP contribution >= 0.6 is 11.6 Å². The summed E-state index contributed by atoms with van der Waals surface area (Å²) in [6.45, 7) is 0. The number of rotatable bonds is 9. The Balaban J connectivity index is 0.994. The lowest BCUT2D eigenvalue weighted by atomic mass is 10.0. The number of phenolic OH excluding ortho intramolecular Hbond substituents is 2. The smallest absolute Gasteiger partial charge is 0.259 e. The first-order valence-corrected chi connectivity index (χ1v) is 19.2. The van der Waals surface area contributed by atoms with Crippen LogP contribution in [0.1, 0.15) is 36.6 Å². The summed E-state index contributed by atoms with van der Waals surface area (Å²) in [5.74, 6) is -1.71. The van der Waals surface area contributed by atoms with E-state index in [-0.39, 0.29) is 39.8 Å². The first-order valence-electron chi connectivity index (χ1n) is 18.8. The Kier molecular flexibility index (Phi) is 9.95. The van der Waals surface area contributed by atoms with Gasteiger partial charge in [-0.3, -0.25) is 14.4 Å². The molecule has 0 radical (unpaired) electrons. The molecule has 2 amide bonds. The van der Waals surface area contributed by atoms with Crippen molar-refractivity contribution in [3.63, 3.8) is 0 Å². The molecule has 0 spiro atoms. The normalized spacial score (nSPS) is 11.9. The Morgan fingerprint density at radius 2 is 1.00 bits per heavy atom. The number of ether oxygens (including phenoxy) is 1. The summed E-state index contributed by atoms with van der Waals surface area (Å²) in [4.78, 5) is 40.7. The molecule has 13 heteroatoms. The van der Waals surface area contributed by atoms with Crippen molar-refractivity contribution in [1.82, 2.24) is 0 Å². The van der Waals surface area contributed by atoms with Crippen LogP contribution in [0.2, 0.25) is 5.02 Å². The lowest BCUT2D eigenvalue weighted by Gasteiger charge is -2.13. The van der Waals surface area contributed by atoms with Crippen LogP contribution in [0.5, 0.6) is 17.2 Å². The van der Waals surface area contributed by atoms with Crippen molar-refractivity contribution in [2.45, 2.75) is 0 Å². The second-order valence-electron chi connectivity index (χ2n) is 14.0. The number of carbonyl (C=O) groups is 3. The number of halogens is 1. The highest BCUT2D eigenvalue weighted by Crippen LogP contribution is 2.44.